The minimum absolute atomic E-state index is 0.0417. The molecule has 1 aromatic heterocycles. The molecule has 0 radical (unpaired) electrons. The van der Waals surface area contributed by atoms with Crippen molar-refractivity contribution in [3.63, 3.8) is 0 Å². The van der Waals surface area contributed by atoms with Crippen LogP contribution in [0, 0.1) is 18.2 Å². The van der Waals surface area contributed by atoms with Gasteiger partial charge in [0.1, 0.15) is 11.3 Å². The van der Waals surface area contributed by atoms with Crippen LogP contribution in [0.1, 0.15) is 23.6 Å². The van der Waals surface area contributed by atoms with Gasteiger partial charge in [0.25, 0.3) is 0 Å². The van der Waals surface area contributed by atoms with E-state index in [1.807, 2.05) is 29.2 Å². The van der Waals surface area contributed by atoms with Crippen molar-refractivity contribution in [3.05, 3.63) is 47.3 Å². The second-order valence-corrected chi connectivity index (χ2v) is 8.18. The van der Waals surface area contributed by atoms with E-state index in [1.54, 1.807) is 11.0 Å². The molecular formula is C25H27FN6O3. The average Bonchev–Trinajstić information content (AvgIpc) is 2.88. The molecule has 1 aliphatic heterocycles. The number of rotatable bonds is 6. The molecule has 4 rings (SSSR count). The zero-order valence-electron chi connectivity index (χ0n) is 19.6. The number of carbonyl (C=O) groups excluding carboxylic acids is 1. The number of benzene rings is 2. The first kappa shape index (κ1) is 24.0. The van der Waals surface area contributed by atoms with Crippen molar-refractivity contribution in [1.82, 2.24) is 14.9 Å². The van der Waals surface area contributed by atoms with Crippen LogP contribution in [0.4, 0.5) is 16.2 Å². The molecule has 1 atom stereocenters. The molecule has 1 fully saturated rings. The number of fused-ring (bicyclic) bond motifs is 1. The summed E-state index contributed by atoms with van der Waals surface area (Å²) in [6.45, 7) is 1.85. The zero-order valence-corrected chi connectivity index (χ0v) is 19.6. The summed E-state index contributed by atoms with van der Waals surface area (Å²) in [7, 11) is 2.77. The van der Waals surface area contributed by atoms with E-state index >= 15 is 4.39 Å². The number of nitrogens with two attached hydrogens (primary N) is 2. The Labute approximate surface area is 202 Å². The third-order valence-corrected chi connectivity index (χ3v) is 6.11. The number of hydrogen-bond donors (Lipinski definition) is 2. The minimum atomic E-state index is -0.671. The van der Waals surface area contributed by atoms with E-state index in [0.717, 1.165) is 11.1 Å². The summed E-state index contributed by atoms with van der Waals surface area (Å²) in [4.78, 5) is 25.2. The monoisotopic (exact) mass is 478 g/mol. The fraction of sp³-hybridized carbons (Fsp3) is 0.320. The van der Waals surface area contributed by atoms with Crippen LogP contribution in [-0.4, -0.2) is 61.2 Å². The molecule has 0 aliphatic carbocycles. The topological polar surface area (TPSA) is 120 Å². The van der Waals surface area contributed by atoms with Crippen LogP contribution >= 0.6 is 0 Å². The van der Waals surface area contributed by atoms with Gasteiger partial charge < -0.3 is 30.7 Å². The third-order valence-electron chi connectivity index (χ3n) is 6.11. The Bertz CT molecular complexity index is 1280. The molecular weight excluding hydrogens is 451 g/mol. The number of amides is 1. The first-order valence-electron chi connectivity index (χ1n) is 11.1. The summed E-state index contributed by atoms with van der Waals surface area (Å²) >= 11 is 0. The lowest BCUT2D eigenvalue weighted by Gasteiger charge is -2.35. The molecule has 9 nitrogen and oxygen atoms in total. The Kier molecular flexibility index (Phi) is 6.89. The SMILES string of the molecule is C#Cc1ccc([C@H](N)CC(=O)N2CCN(c3nc(N)c4cc(OC)c(OC)c(F)c4n3)CC2)cc1. The third kappa shape index (κ3) is 4.76. The summed E-state index contributed by atoms with van der Waals surface area (Å²) in [5.41, 5.74) is 14.0. The van der Waals surface area contributed by atoms with Crippen LogP contribution in [-0.2, 0) is 4.79 Å². The molecule has 0 bridgehead atoms. The first-order chi connectivity index (χ1) is 16.9. The number of methoxy groups -OCH3 is 2. The molecule has 0 unspecified atom stereocenters. The van der Waals surface area contributed by atoms with Crippen LogP contribution in [0.2, 0.25) is 0 Å². The highest BCUT2D eigenvalue weighted by Gasteiger charge is 2.26. The lowest BCUT2D eigenvalue weighted by Crippen LogP contribution is -2.49. The number of hydrogen-bond acceptors (Lipinski definition) is 8. The Morgan fingerprint density at radius 2 is 1.86 bits per heavy atom. The predicted octanol–water partition coefficient (Wildman–Crippen LogP) is 2.09. The highest BCUT2D eigenvalue weighted by atomic mass is 19.1. The molecule has 1 saturated heterocycles. The number of nitrogens with zero attached hydrogens (tertiary/aromatic N) is 4. The fourth-order valence-corrected chi connectivity index (χ4v) is 4.10. The Balaban J connectivity index is 1.45. The maximum atomic E-state index is 15.1. The molecule has 1 aliphatic rings. The number of carbonyl (C=O) groups is 1. The summed E-state index contributed by atoms with van der Waals surface area (Å²) in [5.74, 6) is 2.42. The van der Waals surface area contributed by atoms with Crippen molar-refractivity contribution in [3.8, 4) is 23.8 Å². The van der Waals surface area contributed by atoms with E-state index in [0.29, 0.717) is 37.5 Å². The Hall–Kier alpha value is -4.10. The molecule has 0 spiro atoms. The lowest BCUT2D eigenvalue weighted by molar-refractivity contribution is -0.131. The van der Waals surface area contributed by atoms with Gasteiger partial charge in [0.2, 0.25) is 11.9 Å². The van der Waals surface area contributed by atoms with Gasteiger partial charge in [-0.15, -0.1) is 6.42 Å². The van der Waals surface area contributed by atoms with Crippen molar-refractivity contribution in [2.24, 2.45) is 5.73 Å². The summed E-state index contributed by atoms with van der Waals surface area (Å²) in [6, 6.07) is 8.43. The number of nitrogen functional groups attached to an aromatic ring is 1. The first-order valence-corrected chi connectivity index (χ1v) is 11.1. The summed E-state index contributed by atoms with van der Waals surface area (Å²) < 4.78 is 25.4. The smallest absolute Gasteiger partial charge is 0.228 e. The maximum Gasteiger partial charge on any atom is 0.228 e. The van der Waals surface area contributed by atoms with Gasteiger partial charge in [-0.1, -0.05) is 18.1 Å². The number of piperazine rings is 1. The van der Waals surface area contributed by atoms with Crippen LogP contribution < -0.4 is 25.8 Å². The molecule has 4 N–H and O–H groups in total. The average molecular weight is 479 g/mol. The summed E-state index contributed by atoms with van der Waals surface area (Å²) in [6.07, 6.45) is 5.57. The Morgan fingerprint density at radius 1 is 1.17 bits per heavy atom. The minimum Gasteiger partial charge on any atom is -0.493 e. The standard InChI is InChI=1S/C25H27FN6O3/c1-4-15-5-7-16(8-6-15)18(27)14-20(33)31-9-11-32(12-10-31)25-29-22-17(24(28)30-25)13-19(34-2)23(35-3)21(22)26/h1,5-8,13,18H,9-12,14,27H2,2-3H3,(H2,28,29,30)/t18-/m1/s1. The maximum absolute atomic E-state index is 15.1. The number of aromatic nitrogens is 2. The zero-order chi connectivity index (χ0) is 25.1. The van der Waals surface area contributed by atoms with Crippen LogP contribution in [0.25, 0.3) is 10.9 Å². The number of terminal acetylenes is 1. The van der Waals surface area contributed by atoms with Gasteiger partial charge in [-0.2, -0.15) is 4.98 Å². The highest BCUT2D eigenvalue weighted by molar-refractivity contribution is 5.92. The molecule has 2 aromatic carbocycles. The van der Waals surface area contributed by atoms with Gasteiger partial charge in [0.15, 0.2) is 17.3 Å². The van der Waals surface area contributed by atoms with Crippen molar-refractivity contribution in [1.29, 1.82) is 0 Å². The quantitative estimate of drug-likeness (QED) is 0.517. The molecule has 2 heterocycles. The fourth-order valence-electron chi connectivity index (χ4n) is 4.10. The molecule has 10 heteroatoms. The van der Waals surface area contributed by atoms with Gasteiger partial charge in [0, 0.05) is 49.6 Å². The van der Waals surface area contributed by atoms with E-state index in [4.69, 9.17) is 27.4 Å². The van der Waals surface area contributed by atoms with Gasteiger partial charge in [-0.3, -0.25) is 4.79 Å². The molecule has 0 saturated carbocycles. The van der Waals surface area contributed by atoms with Gasteiger partial charge in [0.05, 0.1) is 14.2 Å². The molecule has 1 amide bonds. The van der Waals surface area contributed by atoms with Crippen molar-refractivity contribution >= 4 is 28.6 Å². The second kappa shape index (κ2) is 10.0. The lowest BCUT2D eigenvalue weighted by atomic mass is 10.0. The highest BCUT2D eigenvalue weighted by Crippen LogP contribution is 2.37. The number of halogens is 1. The molecule has 35 heavy (non-hydrogen) atoms. The largest absolute Gasteiger partial charge is 0.493 e. The predicted molar refractivity (Wildman–Crippen MR) is 132 cm³/mol. The molecule has 3 aromatic rings. The number of ether oxygens (including phenoxy) is 2. The van der Waals surface area contributed by atoms with Crippen molar-refractivity contribution in [2.45, 2.75) is 12.5 Å². The van der Waals surface area contributed by atoms with E-state index in [-0.39, 0.29) is 35.2 Å². The van der Waals surface area contributed by atoms with Gasteiger partial charge >= 0.3 is 0 Å². The van der Waals surface area contributed by atoms with Crippen molar-refractivity contribution in [2.75, 3.05) is 51.0 Å². The van der Waals surface area contributed by atoms with E-state index in [2.05, 4.69) is 15.9 Å². The van der Waals surface area contributed by atoms with E-state index in [9.17, 15) is 4.79 Å². The molecule has 182 valence electrons. The van der Waals surface area contributed by atoms with Crippen LogP contribution in [0.3, 0.4) is 0 Å². The second-order valence-electron chi connectivity index (χ2n) is 8.18. The van der Waals surface area contributed by atoms with Gasteiger partial charge in [-0.05, 0) is 23.8 Å². The van der Waals surface area contributed by atoms with E-state index in [1.165, 1.54) is 14.2 Å². The number of anilines is 2. The normalized spacial score (nSPS) is 14.5. The van der Waals surface area contributed by atoms with Crippen LogP contribution in [0.5, 0.6) is 11.5 Å². The van der Waals surface area contributed by atoms with Crippen LogP contribution in [0.15, 0.2) is 30.3 Å². The Morgan fingerprint density at radius 3 is 2.46 bits per heavy atom. The van der Waals surface area contributed by atoms with Crippen molar-refractivity contribution < 1.29 is 18.7 Å². The van der Waals surface area contributed by atoms with Gasteiger partial charge in [-0.25, -0.2) is 9.37 Å². The summed E-state index contributed by atoms with van der Waals surface area (Å²) in [5, 5.41) is 0.335. The van der Waals surface area contributed by atoms with E-state index < -0.39 is 11.9 Å².